The number of aromatic nitrogens is 1. The van der Waals surface area contributed by atoms with Crippen LogP contribution in [0.2, 0.25) is 0 Å². The molecule has 0 amide bonds. The second-order valence-electron chi connectivity index (χ2n) is 6.64. The summed E-state index contributed by atoms with van der Waals surface area (Å²) in [6, 6.07) is 7.89. The average Bonchev–Trinajstić information content (AvgIpc) is 3.16. The lowest BCUT2D eigenvalue weighted by molar-refractivity contribution is -0.137. The van der Waals surface area contributed by atoms with E-state index in [9.17, 15) is 26.7 Å². The van der Waals surface area contributed by atoms with E-state index in [4.69, 9.17) is 14.6 Å². The van der Waals surface area contributed by atoms with E-state index < -0.39 is 41.0 Å². The second-order valence-corrected chi connectivity index (χ2v) is 7.41. The van der Waals surface area contributed by atoms with Crippen LogP contribution in [0.25, 0.3) is 11.3 Å². The van der Waals surface area contributed by atoms with Gasteiger partial charge in [-0.3, -0.25) is 4.79 Å². The Hall–Kier alpha value is -3.21. The van der Waals surface area contributed by atoms with Crippen LogP contribution in [-0.4, -0.2) is 22.6 Å². The SMILES string of the molecule is COc1ccc(-c2nsc(C(F)(F)F)c2COc2c(F)cc(CCC(=O)O)cc2F)cc1. The van der Waals surface area contributed by atoms with Gasteiger partial charge in [0.25, 0.3) is 0 Å². The fourth-order valence-corrected chi connectivity index (χ4v) is 3.70. The van der Waals surface area contributed by atoms with E-state index in [-0.39, 0.29) is 41.2 Å². The summed E-state index contributed by atoms with van der Waals surface area (Å²) in [6.07, 6.45) is -5.18. The number of hydrogen-bond donors (Lipinski definition) is 1. The van der Waals surface area contributed by atoms with E-state index in [2.05, 4.69) is 4.37 Å². The van der Waals surface area contributed by atoms with Crippen molar-refractivity contribution in [3.05, 3.63) is 64.0 Å². The van der Waals surface area contributed by atoms with Crippen molar-refractivity contribution in [1.29, 1.82) is 0 Å². The predicted octanol–water partition coefficient (Wildman–Crippen LogP) is 5.71. The van der Waals surface area contributed by atoms with Gasteiger partial charge in [0.1, 0.15) is 17.2 Å². The number of benzene rings is 2. The smallest absolute Gasteiger partial charge is 0.427 e. The van der Waals surface area contributed by atoms with Crippen molar-refractivity contribution in [2.24, 2.45) is 0 Å². The van der Waals surface area contributed by atoms with Crippen LogP contribution in [0.4, 0.5) is 22.0 Å². The zero-order valence-corrected chi connectivity index (χ0v) is 17.3. The predicted molar refractivity (Wildman–Crippen MR) is 106 cm³/mol. The molecule has 3 rings (SSSR count). The van der Waals surface area contributed by atoms with Crippen LogP contribution in [0.3, 0.4) is 0 Å². The number of carboxylic acids is 1. The first-order valence-corrected chi connectivity index (χ1v) is 9.90. The van der Waals surface area contributed by atoms with E-state index in [1.807, 2.05) is 0 Å². The number of rotatable bonds is 8. The average molecular weight is 473 g/mol. The number of alkyl halides is 3. The molecule has 0 spiro atoms. The minimum absolute atomic E-state index is 0.0242. The number of aryl methyl sites for hydroxylation is 1. The van der Waals surface area contributed by atoms with Crippen molar-refractivity contribution < 1.29 is 41.3 Å². The minimum atomic E-state index is -4.74. The van der Waals surface area contributed by atoms with Crippen LogP contribution in [-0.2, 0) is 24.0 Å². The summed E-state index contributed by atoms with van der Waals surface area (Å²) in [7, 11) is 1.44. The Bertz CT molecular complexity index is 1090. The fraction of sp³-hybridized carbons (Fsp3) is 0.238. The molecule has 1 N–H and O–H groups in total. The first kappa shape index (κ1) is 23.5. The van der Waals surface area contributed by atoms with Crippen LogP contribution < -0.4 is 9.47 Å². The fourth-order valence-electron chi connectivity index (χ4n) is 2.93. The monoisotopic (exact) mass is 473 g/mol. The van der Waals surface area contributed by atoms with Crippen LogP contribution in [0.1, 0.15) is 22.4 Å². The molecule has 170 valence electrons. The number of methoxy groups -OCH3 is 1. The number of hydrogen-bond acceptors (Lipinski definition) is 5. The molecule has 0 aliphatic rings. The number of aliphatic carboxylic acids is 1. The van der Waals surface area contributed by atoms with Gasteiger partial charge in [-0.15, -0.1) is 0 Å². The summed E-state index contributed by atoms with van der Waals surface area (Å²) in [4.78, 5) is 9.59. The molecule has 5 nitrogen and oxygen atoms in total. The van der Waals surface area contributed by atoms with Crippen molar-refractivity contribution >= 4 is 17.5 Å². The number of carboxylic acid groups (broad SMARTS) is 1. The maximum absolute atomic E-state index is 14.3. The third-order valence-electron chi connectivity index (χ3n) is 4.46. The van der Waals surface area contributed by atoms with Crippen molar-refractivity contribution in [2.75, 3.05) is 7.11 Å². The van der Waals surface area contributed by atoms with Gasteiger partial charge in [-0.1, -0.05) is 0 Å². The largest absolute Gasteiger partial charge is 0.497 e. The number of carbonyl (C=O) groups is 1. The highest BCUT2D eigenvalue weighted by Crippen LogP contribution is 2.40. The first-order valence-electron chi connectivity index (χ1n) is 9.12. The number of ether oxygens (including phenoxy) is 2. The Labute approximate surface area is 183 Å². The van der Waals surface area contributed by atoms with Crippen LogP contribution >= 0.6 is 11.5 Å². The topological polar surface area (TPSA) is 68.7 Å². The molecule has 1 heterocycles. The maximum Gasteiger partial charge on any atom is 0.427 e. The zero-order chi connectivity index (χ0) is 23.5. The van der Waals surface area contributed by atoms with E-state index in [1.54, 1.807) is 12.1 Å². The van der Waals surface area contributed by atoms with E-state index in [1.165, 1.54) is 19.2 Å². The van der Waals surface area contributed by atoms with E-state index in [0.717, 1.165) is 12.1 Å². The standard InChI is InChI=1S/C21H16F5NO4S/c1-30-13-5-3-12(4-6-13)18-14(20(32-27-18)21(24,25)26)10-31-19-15(22)8-11(9-16(19)23)2-7-17(28)29/h3-6,8-9H,2,7,10H2,1H3,(H,28,29). The molecule has 0 radical (unpaired) electrons. The molecule has 0 saturated carbocycles. The van der Waals surface area contributed by atoms with Crippen molar-refractivity contribution in [3.63, 3.8) is 0 Å². The number of halogens is 5. The number of nitrogens with zero attached hydrogens (tertiary/aromatic N) is 1. The summed E-state index contributed by atoms with van der Waals surface area (Å²) < 4.78 is 83.2. The van der Waals surface area contributed by atoms with Gasteiger partial charge in [0.2, 0.25) is 0 Å². The molecular weight excluding hydrogens is 457 g/mol. The minimum Gasteiger partial charge on any atom is -0.497 e. The maximum atomic E-state index is 14.3. The lowest BCUT2D eigenvalue weighted by Crippen LogP contribution is -2.09. The van der Waals surface area contributed by atoms with Gasteiger partial charge >= 0.3 is 12.1 Å². The molecule has 0 aliphatic carbocycles. The highest BCUT2D eigenvalue weighted by atomic mass is 32.1. The lowest BCUT2D eigenvalue weighted by Gasteiger charge is -2.13. The molecule has 0 fully saturated rings. The Morgan fingerprint density at radius 1 is 1.12 bits per heavy atom. The van der Waals surface area contributed by atoms with Crippen LogP contribution in [0.15, 0.2) is 36.4 Å². The Kier molecular flexibility index (Phi) is 6.97. The molecule has 0 atom stereocenters. The first-order chi connectivity index (χ1) is 15.1. The van der Waals surface area contributed by atoms with Crippen molar-refractivity contribution in [2.45, 2.75) is 25.6 Å². The lowest BCUT2D eigenvalue weighted by atomic mass is 10.1. The Balaban J connectivity index is 1.91. The quantitative estimate of drug-likeness (QED) is 0.425. The van der Waals surface area contributed by atoms with Gasteiger partial charge in [0, 0.05) is 17.5 Å². The van der Waals surface area contributed by atoms with Gasteiger partial charge in [-0.05, 0) is 59.9 Å². The third kappa shape index (κ3) is 5.34. The molecular formula is C21H16F5NO4S. The molecule has 0 saturated heterocycles. The summed E-state index contributed by atoms with van der Waals surface area (Å²) in [5.74, 6) is -3.79. The molecule has 0 bridgehead atoms. The van der Waals surface area contributed by atoms with Crippen LogP contribution in [0, 0.1) is 11.6 Å². The summed E-state index contributed by atoms with van der Waals surface area (Å²) >= 11 is 0.214. The molecule has 0 unspecified atom stereocenters. The molecule has 2 aromatic carbocycles. The highest BCUT2D eigenvalue weighted by Gasteiger charge is 2.38. The van der Waals surface area contributed by atoms with Gasteiger partial charge < -0.3 is 14.6 Å². The summed E-state index contributed by atoms with van der Waals surface area (Å²) in [5, 5.41) is 8.68. The Morgan fingerprint density at radius 2 is 1.75 bits per heavy atom. The Morgan fingerprint density at radius 3 is 2.28 bits per heavy atom. The molecule has 1 aromatic heterocycles. The van der Waals surface area contributed by atoms with Gasteiger partial charge in [-0.25, -0.2) is 8.78 Å². The van der Waals surface area contributed by atoms with Gasteiger partial charge in [0.05, 0.1) is 12.8 Å². The summed E-state index contributed by atoms with van der Waals surface area (Å²) in [5.41, 5.74) is 0.0493. The van der Waals surface area contributed by atoms with Crippen molar-refractivity contribution in [3.8, 4) is 22.8 Å². The van der Waals surface area contributed by atoms with Crippen LogP contribution in [0.5, 0.6) is 11.5 Å². The third-order valence-corrected chi connectivity index (χ3v) is 5.39. The zero-order valence-electron chi connectivity index (χ0n) is 16.5. The van der Waals surface area contributed by atoms with E-state index >= 15 is 0 Å². The molecule has 0 aliphatic heterocycles. The second kappa shape index (κ2) is 9.51. The van der Waals surface area contributed by atoms with Gasteiger partial charge in [-0.2, -0.15) is 17.5 Å². The molecule has 11 heteroatoms. The molecule has 32 heavy (non-hydrogen) atoms. The normalized spacial score (nSPS) is 11.4. The molecule has 3 aromatic rings. The highest BCUT2D eigenvalue weighted by molar-refractivity contribution is 7.06. The van der Waals surface area contributed by atoms with Gasteiger partial charge in [0.15, 0.2) is 17.4 Å². The van der Waals surface area contributed by atoms with E-state index in [0.29, 0.717) is 11.3 Å². The summed E-state index contributed by atoms with van der Waals surface area (Å²) in [6.45, 7) is -0.783. The van der Waals surface area contributed by atoms with Crippen molar-refractivity contribution in [1.82, 2.24) is 4.37 Å².